The number of nitrogens with zero attached hydrogens (tertiary/aromatic N) is 4. The van der Waals surface area contributed by atoms with Crippen molar-refractivity contribution in [1.82, 2.24) is 24.7 Å². The highest BCUT2D eigenvalue weighted by Crippen LogP contribution is 2.42. The molecule has 1 N–H and O–H groups in total. The number of aromatic amines is 1. The summed E-state index contributed by atoms with van der Waals surface area (Å²) in [5.74, 6) is -0.409. The lowest BCUT2D eigenvalue weighted by Gasteiger charge is -2.20. The first-order chi connectivity index (χ1) is 16.9. The Bertz CT molecular complexity index is 1610. The van der Waals surface area contributed by atoms with Crippen LogP contribution in [0.15, 0.2) is 82.1 Å². The molecule has 0 fully saturated rings. The molecular formula is C24H14Cl3N5O2S. The Morgan fingerprint density at radius 3 is 2.29 bits per heavy atom. The number of rotatable bonds is 5. The van der Waals surface area contributed by atoms with Crippen molar-refractivity contribution in [2.24, 2.45) is 0 Å². The summed E-state index contributed by atoms with van der Waals surface area (Å²) >= 11 is 21.2. The number of hydrogen-bond donors (Lipinski definition) is 1. The van der Waals surface area contributed by atoms with Crippen molar-refractivity contribution >= 4 is 46.1 Å². The fourth-order valence-electron chi connectivity index (χ4n) is 3.69. The summed E-state index contributed by atoms with van der Waals surface area (Å²) < 4.78 is 1.02. The molecule has 11 heteroatoms. The summed E-state index contributed by atoms with van der Waals surface area (Å²) in [4.78, 5) is 34.7. The summed E-state index contributed by atoms with van der Waals surface area (Å²) in [6.45, 7) is 0. The van der Waals surface area contributed by atoms with Gasteiger partial charge < -0.3 is 0 Å². The van der Waals surface area contributed by atoms with Crippen LogP contribution in [0.25, 0.3) is 16.3 Å². The van der Waals surface area contributed by atoms with Gasteiger partial charge in [-0.1, -0.05) is 46.9 Å². The van der Waals surface area contributed by atoms with Crippen LogP contribution in [0.3, 0.4) is 0 Å². The number of thiazole rings is 1. The van der Waals surface area contributed by atoms with Crippen LogP contribution >= 0.6 is 46.1 Å². The van der Waals surface area contributed by atoms with Crippen LogP contribution in [0.4, 0.5) is 0 Å². The molecule has 3 aromatic heterocycles. The molecule has 0 radical (unpaired) electrons. The molecule has 0 aliphatic heterocycles. The zero-order valence-electron chi connectivity index (χ0n) is 17.7. The third-order valence-electron chi connectivity index (χ3n) is 5.26. The van der Waals surface area contributed by atoms with Crippen LogP contribution in [-0.2, 0) is 0 Å². The number of aromatic nitrogens is 5. The number of nitrogens with one attached hydrogen (secondary N) is 1. The molecule has 1 unspecified atom stereocenters. The molecule has 0 saturated carbocycles. The van der Waals surface area contributed by atoms with E-state index in [2.05, 4.69) is 15.1 Å². The van der Waals surface area contributed by atoms with E-state index in [-0.39, 0.29) is 0 Å². The van der Waals surface area contributed by atoms with Crippen molar-refractivity contribution in [3.05, 3.63) is 125 Å². The second kappa shape index (κ2) is 9.75. The molecule has 0 spiro atoms. The average molecular weight is 543 g/mol. The number of halogens is 3. The highest BCUT2D eigenvalue weighted by molar-refractivity contribution is 7.13. The molecule has 0 amide bonds. The van der Waals surface area contributed by atoms with Gasteiger partial charge in [-0.2, -0.15) is 9.78 Å². The number of hydrogen-bond acceptors (Lipinski definition) is 6. The molecule has 3 heterocycles. The molecule has 35 heavy (non-hydrogen) atoms. The molecule has 5 aromatic rings. The molecule has 5 rings (SSSR count). The predicted molar refractivity (Wildman–Crippen MR) is 138 cm³/mol. The second-order valence-corrected chi connectivity index (χ2v) is 9.58. The Morgan fingerprint density at radius 2 is 1.63 bits per heavy atom. The predicted octanol–water partition coefficient (Wildman–Crippen LogP) is 5.58. The van der Waals surface area contributed by atoms with Gasteiger partial charge in [-0.15, -0.1) is 11.3 Å². The van der Waals surface area contributed by atoms with Crippen LogP contribution in [0.5, 0.6) is 0 Å². The first-order valence-electron chi connectivity index (χ1n) is 10.2. The van der Waals surface area contributed by atoms with Gasteiger partial charge >= 0.3 is 5.69 Å². The largest absolute Gasteiger partial charge is 0.349 e. The molecule has 0 aliphatic rings. The average Bonchev–Trinajstić information content (AvgIpc) is 3.32. The van der Waals surface area contributed by atoms with Gasteiger partial charge in [0.1, 0.15) is 11.2 Å². The summed E-state index contributed by atoms with van der Waals surface area (Å²) in [5, 5.41) is 7.89. The van der Waals surface area contributed by atoms with Gasteiger partial charge in [0.15, 0.2) is 0 Å². The van der Waals surface area contributed by atoms with Crippen LogP contribution in [-0.4, -0.2) is 24.7 Å². The van der Waals surface area contributed by atoms with Crippen molar-refractivity contribution in [2.75, 3.05) is 0 Å². The van der Waals surface area contributed by atoms with Crippen LogP contribution < -0.4 is 11.2 Å². The van der Waals surface area contributed by atoms with E-state index >= 15 is 0 Å². The Morgan fingerprint density at radius 1 is 0.943 bits per heavy atom. The maximum absolute atomic E-state index is 12.2. The maximum atomic E-state index is 12.2. The van der Waals surface area contributed by atoms with Crippen LogP contribution in [0.1, 0.15) is 22.7 Å². The lowest BCUT2D eigenvalue weighted by molar-refractivity contribution is 0.749. The number of H-pyrrole nitrogens is 1. The van der Waals surface area contributed by atoms with Crippen LogP contribution in [0, 0.1) is 0 Å². The standard InChI is InChI=1S/C24H14Cl3N5O2S/c25-15-3-1-13(2-4-15)21(19-12-35-23(30-19)14-5-7-28-8-6-14)22-17(26)9-16(10-18(22)27)32-24(34)31-20(33)11-29-32/h1-12,21H,(H,31,33,34). The Kier molecular flexibility index (Phi) is 6.53. The molecule has 2 aromatic carbocycles. The van der Waals surface area contributed by atoms with E-state index in [1.165, 1.54) is 11.3 Å². The minimum absolute atomic E-state index is 0.311. The Hall–Kier alpha value is -3.30. The fraction of sp³-hybridized carbons (Fsp3) is 0.0417. The highest BCUT2D eigenvalue weighted by Gasteiger charge is 2.26. The molecular weight excluding hydrogens is 529 g/mol. The summed E-state index contributed by atoms with van der Waals surface area (Å²) in [7, 11) is 0. The lowest BCUT2D eigenvalue weighted by atomic mass is 9.88. The van der Waals surface area contributed by atoms with E-state index < -0.39 is 17.2 Å². The third-order valence-corrected chi connectivity index (χ3v) is 7.05. The van der Waals surface area contributed by atoms with Gasteiger partial charge in [-0.25, -0.2) is 9.78 Å². The van der Waals surface area contributed by atoms with Gasteiger partial charge in [0.05, 0.1) is 17.3 Å². The minimum Gasteiger partial charge on any atom is -0.271 e. The van der Waals surface area contributed by atoms with E-state index in [4.69, 9.17) is 39.8 Å². The highest BCUT2D eigenvalue weighted by atomic mass is 35.5. The summed E-state index contributed by atoms with van der Waals surface area (Å²) in [6.07, 6.45) is 4.43. The monoisotopic (exact) mass is 541 g/mol. The van der Waals surface area contributed by atoms with Crippen molar-refractivity contribution in [1.29, 1.82) is 0 Å². The van der Waals surface area contributed by atoms with Crippen molar-refractivity contribution in [3.63, 3.8) is 0 Å². The summed E-state index contributed by atoms with van der Waals surface area (Å²) in [6, 6.07) is 14.3. The molecule has 0 bridgehead atoms. The lowest BCUT2D eigenvalue weighted by Crippen LogP contribution is -2.30. The first kappa shape index (κ1) is 23.4. The van der Waals surface area contributed by atoms with Gasteiger partial charge in [0.2, 0.25) is 0 Å². The smallest absolute Gasteiger partial charge is 0.271 e. The minimum atomic E-state index is -0.701. The Balaban J connectivity index is 1.66. The number of benzene rings is 2. The molecule has 0 aliphatic carbocycles. The number of pyridine rings is 1. The normalized spacial score (nSPS) is 12.0. The van der Waals surface area contributed by atoms with E-state index in [1.807, 2.05) is 29.6 Å². The van der Waals surface area contributed by atoms with Gasteiger partial charge in [-0.05, 0) is 42.0 Å². The topological polar surface area (TPSA) is 93.5 Å². The van der Waals surface area contributed by atoms with Crippen LogP contribution in [0.2, 0.25) is 15.1 Å². The second-order valence-electron chi connectivity index (χ2n) is 7.47. The molecule has 0 saturated heterocycles. The van der Waals surface area contributed by atoms with Gasteiger partial charge in [0.25, 0.3) is 5.56 Å². The van der Waals surface area contributed by atoms with Gasteiger partial charge in [0, 0.05) is 44.0 Å². The SMILES string of the molecule is O=c1cnn(-c2cc(Cl)c(C(c3ccc(Cl)cc3)c3csc(-c4ccncc4)n3)c(Cl)c2)c(=O)[nH]1. The fourth-order valence-corrected chi connectivity index (χ4v) is 5.36. The molecule has 174 valence electrons. The van der Waals surface area contributed by atoms with Crippen molar-refractivity contribution < 1.29 is 0 Å². The van der Waals surface area contributed by atoms with Crippen molar-refractivity contribution in [2.45, 2.75) is 5.92 Å². The third kappa shape index (κ3) is 4.78. The summed E-state index contributed by atoms with van der Waals surface area (Å²) in [5.41, 5.74) is 2.21. The Labute approximate surface area is 217 Å². The molecule has 1 atom stereocenters. The quantitative estimate of drug-likeness (QED) is 0.313. The molecule has 7 nitrogen and oxygen atoms in total. The zero-order valence-corrected chi connectivity index (χ0v) is 20.7. The van der Waals surface area contributed by atoms with E-state index in [0.717, 1.165) is 32.7 Å². The van der Waals surface area contributed by atoms with Gasteiger partial charge in [-0.3, -0.25) is 14.8 Å². The first-order valence-corrected chi connectivity index (χ1v) is 12.2. The van der Waals surface area contributed by atoms with Crippen molar-refractivity contribution in [3.8, 4) is 16.3 Å². The van der Waals surface area contributed by atoms with E-state index in [0.29, 0.717) is 26.3 Å². The maximum Gasteiger partial charge on any atom is 0.349 e. The van der Waals surface area contributed by atoms with E-state index in [9.17, 15) is 9.59 Å². The zero-order chi connectivity index (χ0) is 24.5. The van der Waals surface area contributed by atoms with E-state index in [1.54, 1.807) is 36.7 Å².